The molecule has 0 saturated heterocycles. The average molecular weight is 168 g/mol. The average Bonchev–Trinajstić information content (AvgIpc) is 2.60. The van der Waals surface area contributed by atoms with Crippen LogP contribution in [0.1, 0.15) is 45.4 Å². The lowest BCUT2D eigenvalue weighted by Crippen LogP contribution is -2.12. The second kappa shape index (κ2) is 3.37. The Balaban J connectivity index is 1.76. The van der Waals surface area contributed by atoms with Gasteiger partial charge in [-0.3, -0.25) is 0 Å². The van der Waals surface area contributed by atoms with Crippen LogP contribution in [-0.4, -0.2) is 11.2 Å². The summed E-state index contributed by atoms with van der Waals surface area (Å²) in [6.45, 7) is 1.91. The van der Waals surface area contributed by atoms with Crippen LogP contribution in [0.25, 0.3) is 0 Å². The summed E-state index contributed by atoms with van der Waals surface area (Å²) >= 11 is 0. The van der Waals surface area contributed by atoms with Gasteiger partial charge in [0.05, 0.1) is 6.10 Å². The van der Waals surface area contributed by atoms with Crippen LogP contribution in [0.5, 0.6) is 0 Å². The minimum absolute atomic E-state index is 0.0795. The number of aliphatic hydroxyl groups excluding tert-OH is 1. The van der Waals surface area contributed by atoms with Crippen LogP contribution in [-0.2, 0) is 0 Å². The molecule has 0 spiro atoms. The van der Waals surface area contributed by atoms with Crippen LogP contribution in [0.15, 0.2) is 0 Å². The highest BCUT2D eigenvalue weighted by molar-refractivity contribution is 4.89. The van der Waals surface area contributed by atoms with E-state index in [-0.39, 0.29) is 6.10 Å². The largest absolute Gasteiger partial charge is 0.393 e. The third-order valence-corrected chi connectivity index (χ3v) is 3.84. The number of rotatable bonds is 3. The predicted octanol–water partition coefficient (Wildman–Crippen LogP) is 2.58. The molecule has 2 aliphatic carbocycles. The summed E-state index contributed by atoms with van der Waals surface area (Å²) in [4.78, 5) is 0. The van der Waals surface area contributed by atoms with Crippen molar-refractivity contribution in [3.8, 4) is 0 Å². The molecular weight excluding hydrogens is 148 g/mol. The Labute approximate surface area is 75.2 Å². The Morgan fingerprint density at radius 2 is 2.17 bits per heavy atom. The molecule has 2 bridgehead atoms. The van der Waals surface area contributed by atoms with E-state index in [1.165, 1.54) is 32.1 Å². The summed E-state index contributed by atoms with van der Waals surface area (Å²) in [5, 5.41) is 9.18. The van der Waals surface area contributed by atoms with Gasteiger partial charge in [-0.15, -0.1) is 0 Å². The molecule has 0 heterocycles. The monoisotopic (exact) mass is 168 g/mol. The molecule has 4 atom stereocenters. The Morgan fingerprint density at radius 1 is 1.33 bits per heavy atom. The highest BCUT2D eigenvalue weighted by Gasteiger charge is 2.38. The molecule has 2 saturated carbocycles. The van der Waals surface area contributed by atoms with E-state index in [0.29, 0.717) is 0 Å². The first-order valence-electron chi connectivity index (χ1n) is 5.43. The SMILES string of the molecule is C[C@H](O)CCC1CC2CCC1C2. The lowest BCUT2D eigenvalue weighted by molar-refractivity contribution is 0.164. The van der Waals surface area contributed by atoms with Crippen LogP contribution < -0.4 is 0 Å². The molecule has 0 aliphatic heterocycles. The first-order chi connectivity index (χ1) is 5.75. The summed E-state index contributed by atoms with van der Waals surface area (Å²) < 4.78 is 0. The second-order valence-corrected chi connectivity index (χ2v) is 4.86. The van der Waals surface area contributed by atoms with Gasteiger partial charge in [-0.05, 0) is 56.8 Å². The second-order valence-electron chi connectivity index (χ2n) is 4.86. The Hall–Kier alpha value is -0.0400. The fraction of sp³-hybridized carbons (Fsp3) is 1.00. The Kier molecular flexibility index (Phi) is 2.40. The molecule has 0 amide bonds. The van der Waals surface area contributed by atoms with Gasteiger partial charge < -0.3 is 5.11 Å². The van der Waals surface area contributed by atoms with Gasteiger partial charge in [-0.1, -0.05) is 6.42 Å². The molecular formula is C11H20O. The van der Waals surface area contributed by atoms with Gasteiger partial charge in [-0.2, -0.15) is 0 Å². The first-order valence-corrected chi connectivity index (χ1v) is 5.43. The lowest BCUT2D eigenvalue weighted by atomic mass is 9.85. The fourth-order valence-corrected chi connectivity index (χ4v) is 3.19. The standard InChI is InChI=1S/C11H20O/c1-8(12)2-4-10-6-9-3-5-11(10)7-9/h8-12H,2-7H2,1H3/t8-,9?,10?,11?/m0/s1. The zero-order valence-corrected chi connectivity index (χ0v) is 8.00. The van der Waals surface area contributed by atoms with Gasteiger partial charge in [0.25, 0.3) is 0 Å². The van der Waals surface area contributed by atoms with Crippen molar-refractivity contribution in [3.05, 3.63) is 0 Å². The summed E-state index contributed by atoms with van der Waals surface area (Å²) in [5.74, 6) is 3.07. The topological polar surface area (TPSA) is 20.2 Å². The Morgan fingerprint density at radius 3 is 2.67 bits per heavy atom. The molecule has 70 valence electrons. The maximum absolute atomic E-state index is 9.18. The maximum atomic E-state index is 9.18. The van der Waals surface area contributed by atoms with E-state index < -0.39 is 0 Å². The molecule has 0 aromatic heterocycles. The number of hydrogen-bond donors (Lipinski definition) is 1. The molecule has 0 aromatic carbocycles. The van der Waals surface area contributed by atoms with Crippen molar-refractivity contribution in [2.75, 3.05) is 0 Å². The number of aliphatic hydroxyl groups is 1. The zero-order chi connectivity index (χ0) is 8.55. The van der Waals surface area contributed by atoms with Crippen LogP contribution in [0.4, 0.5) is 0 Å². The van der Waals surface area contributed by atoms with Gasteiger partial charge in [0.1, 0.15) is 0 Å². The molecule has 1 nitrogen and oxygen atoms in total. The highest BCUT2D eigenvalue weighted by atomic mass is 16.3. The normalized spacial score (nSPS) is 42.0. The van der Waals surface area contributed by atoms with Gasteiger partial charge >= 0.3 is 0 Å². The van der Waals surface area contributed by atoms with Crippen molar-refractivity contribution in [2.24, 2.45) is 17.8 Å². The summed E-state index contributed by atoms with van der Waals surface area (Å²) in [5.41, 5.74) is 0. The lowest BCUT2D eigenvalue weighted by Gasteiger charge is -2.21. The van der Waals surface area contributed by atoms with Crippen molar-refractivity contribution < 1.29 is 5.11 Å². The van der Waals surface area contributed by atoms with Crippen LogP contribution >= 0.6 is 0 Å². The molecule has 3 unspecified atom stereocenters. The minimum atomic E-state index is -0.0795. The summed E-state index contributed by atoms with van der Waals surface area (Å²) in [6, 6.07) is 0. The molecule has 1 N–H and O–H groups in total. The summed E-state index contributed by atoms with van der Waals surface area (Å²) in [7, 11) is 0. The molecule has 2 aliphatic rings. The van der Waals surface area contributed by atoms with E-state index in [9.17, 15) is 5.11 Å². The van der Waals surface area contributed by atoms with E-state index in [0.717, 1.165) is 24.2 Å². The fourth-order valence-electron chi connectivity index (χ4n) is 3.19. The number of hydrogen-bond acceptors (Lipinski definition) is 1. The Bertz CT molecular complexity index is 153. The van der Waals surface area contributed by atoms with Crippen LogP contribution in [0.2, 0.25) is 0 Å². The van der Waals surface area contributed by atoms with Crippen molar-refractivity contribution in [1.29, 1.82) is 0 Å². The van der Waals surface area contributed by atoms with Crippen molar-refractivity contribution >= 4 is 0 Å². The third-order valence-electron chi connectivity index (χ3n) is 3.84. The van der Waals surface area contributed by atoms with E-state index in [1.807, 2.05) is 6.92 Å². The third kappa shape index (κ3) is 1.66. The van der Waals surface area contributed by atoms with Crippen molar-refractivity contribution in [3.63, 3.8) is 0 Å². The quantitative estimate of drug-likeness (QED) is 0.686. The maximum Gasteiger partial charge on any atom is 0.0512 e. The molecule has 1 heteroatoms. The van der Waals surface area contributed by atoms with Crippen molar-refractivity contribution in [2.45, 2.75) is 51.6 Å². The highest BCUT2D eigenvalue weighted by Crippen LogP contribution is 2.49. The van der Waals surface area contributed by atoms with Crippen molar-refractivity contribution in [1.82, 2.24) is 0 Å². The van der Waals surface area contributed by atoms with Gasteiger partial charge in [0.2, 0.25) is 0 Å². The molecule has 0 aromatic rings. The predicted molar refractivity (Wildman–Crippen MR) is 49.9 cm³/mol. The van der Waals surface area contributed by atoms with Gasteiger partial charge in [0, 0.05) is 0 Å². The van der Waals surface area contributed by atoms with E-state index in [2.05, 4.69) is 0 Å². The van der Waals surface area contributed by atoms with Gasteiger partial charge in [-0.25, -0.2) is 0 Å². The molecule has 12 heavy (non-hydrogen) atoms. The molecule has 0 radical (unpaired) electrons. The zero-order valence-electron chi connectivity index (χ0n) is 8.00. The van der Waals surface area contributed by atoms with E-state index >= 15 is 0 Å². The van der Waals surface area contributed by atoms with Crippen LogP contribution in [0, 0.1) is 17.8 Å². The summed E-state index contributed by atoms with van der Waals surface area (Å²) in [6.07, 6.45) is 8.17. The van der Waals surface area contributed by atoms with E-state index in [1.54, 1.807) is 0 Å². The first kappa shape index (κ1) is 8.55. The molecule has 2 fully saturated rings. The van der Waals surface area contributed by atoms with Crippen LogP contribution in [0.3, 0.4) is 0 Å². The minimum Gasteiger partial charge on any atom is -0.393 e. The van der Waals surface area contributed by atoms with E-state index in [4.69, 9.17) is 0 Å². The number of fused-ring (bicyclic) bond motifs is 2. The molecule has 2 rings (SSSR count). The van der Waals surface area contributed by atoms with Gasteiger partial charge in [0.15, 0.2) is 0 Å². The smallest absolute Gasteiger partial charge is 0.0512 e.